The molecule has 2 aromatic rings. The number of nitrogens with one attached hydrogen (secondary N) is 2. The van der Waals surface area contributed by atoms with E-state index in [0.29, 0.717) is 23.5 Å². The first-order chi connectivity index (χ1) is 12.1. The van der Waals surface area contributed by atoms with E-state index < -0.39 is 0 Å². The summed E-state index contributed by atoms with van der Waals surface area (Å²) in [6.07, 6.45) is 6.01. The number of aryl methyl sites for hydroxylation is 1. The Morgan fingerprint density at radius 3 is 2.68 bits per heavy atom. The molecule has 25 heavy (non-hydrogen) atoms. The maximum absolute atomic E-state index is 12.7. The lowest BCUT2D eigenvalue weighted by molar-refractivity contribution is -0.123. The summed E-state index contributed by atoms with van der Waals surface area (Å²) in [6.45, 7) is 1.84. The lowest BCUT2D eigenvalue weighted by Gasteiger charge is -2.40. The standard InChI is InChI=1S/C18H23N5O2/c1-10-20-17(23-22-10)13-2-3-19-16(9-13)21-18(25)14-5-11-4-12(6-14)8-15(24)7-11/h2-3,9,11-12,14-15,24H,4-8H2,1H3,(H,19,21,25)(H,20,22,23). The molecule has 0 aromatic carbocycles. The third-order valence-corrected chi connectivity index (χ3v) is 5.35. The number of aromatic amines is 1. The van der Waals surface area contributed by atoms with Crippen molar-refractivity contribution in [3.8, 4) is 11.4 Å². The van der Waals surface area contributed by atoms with Crippen LogP contribution in [-0.4, -0.2) is 37.3 Å². The van der Waals surface area contributed by atoms with E-state index in [-0.39, 0.29) is 17.9 Å². The molecule has 2 saturated carbocycles. The number of carbonyl (C=O) groups excluding carboxylic acids is 1. The van der Waals surface area contributed by atoms with Crippen LogP contribution in [0.5, 0.6) is 0 Å². The number of amides is 1. The van der Waals surface area contributed by atoms with Crippen molar-refractivity contribution in [1.82, 2.24) is 20.2 Å². The fourth-order valence-corrected chi connectivity index (χ4v) is 4.37. The molecule has 0 spiro atoms. The van der Waals surface area contributed by atoms with Crippen molar-refractivity contribution in [2.24, 2.45) is 17.8 Å². The molecule has 132 valence electrons. The first-order valence-corrected chi connectivity index (χ1v) is 8.91. The van der Waals surface area contributed by atoms with Crippen LogP contribution in [0.4, 0.5) is 5.82 Å². The maximum atomic E-state index is 12.7. The van der Waals surface area contributed by atoms with E-state index in [1.165, 1.54) is 0 Å². The molecule has 2 heterocycles. The average molecular weight is 341 g/mol. The number of hydrogen-bond acceptors (Lipinski definition) is 5. The number of rotatable bonds is 3. The van der Waals surface area contributed by atoms with E-state index in [4.69, 9.17) is 0 Å². The summed E-state index contributed by atoms with van der Waals surface area (Å²) in [5, 5.41) is 19.8. The number of anilines is 1. The first-order valence-electron chi connectivity index (χ1n) is 8.91. The number of aliphatic hydroxyl groups excluding tert-OH is 1. The number of aromatic nitrogens is 4. The Labute approximate surface area is 146 Å². The molecule has 2 unspecified atom stereocenters. The number of aliphatic hydroxyl groups is 1. The monoisotopic (exact) mass is 341 g/mol. The van der Waals surface area contributed by atoms with Gasteiger partial charge in [-0.3, -0.25) is 9.89 Å². The largest absolute Gasteiger partial charge is 0.393 e. The number of fused-ring (bicyclic) bond motifs is 2. The zero-order valence-corrected chi connectivity index (χ0v) is 14.3. The van der Waals surface area contributed by atoms with Crippen molar-refractivity contribution in [3.63, 3.8) is 0 Å². The van der Waals surface area contributed by atoms with Gasteiger partial charge in [0.15, 0.2) is 5.82 Å². The van der Waals surface area contributed by atoms with Crippen LogP contribution >= 0.6 is 0 Å². The van der Waals surface area contributed by atoms with Crippen LogP contribution in [0.3, 0.4) is 0 Å². The van der Waals surface area contributed by atoms with Gasteiger partial charge in [-0.2, -0.15) is 5.10 Å². The molecule has 1 amide bonds. The zero-order valence-electron chi connectivity index (χ0n) is 14.3. The molecule has 4 rings (SSSR count). The summed E-state index contributed by atoms with van der Waals surface area (Å²) in [6, 6.07) is 3.62. The van der Waals surface area contributed by atoms with E-state index in [1.54, 1.807) is 12.3 Å². The van der Waals surface area contributed by atoms with Gasteiger partial charge in [-0.1, -0.05) is 0 Å². The minimum atomic E-state index is -0.184. The highest BCUT2D eigenvalue weighted by molar-refractivity contribution is 5.92. The Morgan fingerprint density at radius 2 is 2.00 bits per heavy atom. The lowest BCUT2D eigenvalue weighted by Crippen LogP contribution is -2.38. The quantitative estimate of drug-likeness (QED) is 0.795. The van der Waals surface area contributed by atoms with Crippen molar-refractivity contribution < 1.29 is 9.90 Å². The SMILES string of the molecule is Cc1nc(-c2ccnc(NC(=O)C3CC4CC(O)CC(C4)C3)c2)n[nH]1. The van der Waals surface area contributed by atoms with E-state index >= 15 is 0 Å². The Morgan fingerprint density at radius 1 is 1.24 bits per heavy atom. The first kappa shape index (κ1) is 16.2. The summed E-state index contributed by atoms with van der Waals surface area (Å²) in [5.41, 5.74) is 0.818. The van der Waals surface area contributed by atoms with Crippen LogP contribution in [0.1, 0.15) is 37.9 Å². The number of H-pyrrole nitrogens is 1. The van der Waals surface area contributed by atoms with Gasteiger partial charge in [0.05, 0.1) is 6.10 Å². The fourth-order valence-electron chi connectivity index (χ4n) is 4.37. The topological polar surface area (TPSA) is 104 Å². The Bertz CT molecular complexity index is 756. The predicted molar refractivity (Wildman–Crippen MR) is 92.5 cm³/mol. The third-order valence-electron chi connectivity index (χ3n) is 5.35. The van der Waals surface area contributed by atoms with Crippen molar-refractivity contribution in [1.29, 1.82) is 0 Å². The Hall–Kier alpha value is -2.28. The van der Waals surface area contributed by atoms with Gasteiger partial charge in [0, 0.05) is 17.7 Å². The lowest BCUT2D eigenvalue weighted by atomic mass is 9.67. The van der Waals surface area contributed by atoms with Gasteiger partial charge < -0.3 is 10.4 Å². The summed E-state index contributed by atoms with van der Waals surface area (Å²) in [4.78, 5) is 21.2. The van der Waals surface area contributed by atoms with E-state index in [9.17, 15) is 9.90 Å². The van der Waals surface area contributed by atoms with Crippen molar-refractivity contribution in [2.45, 2.75) is 45.1 Å². The van der Waals surface area contributed by atoms with Crippen LogP contribution in [0, 0.1) is 24.7 Å². The molecule has 2 atom stereocenters. The Kier molecular flexibility index (Phi) is 4.25. The number of pyridine rings is 1. The number of nitrogens with zero attached hydrogens (tertiary/aromatic N) is 3. The van der Waals surface area contributed by atoms with Gasteiger partial charge >= 0.3 is 0 Å². The predicted octanol–water partition coefficient (Wildman–Crippen LogP) is 2.30. The second kappa shape index (κ2) is 6.55. The summed E-state index contributed by atoms with van der Waals surface area (Å²) >= 11 is 0. The maximum Gasteiger partial charge on any atom is 0.228 e. The molecule has 0 saturated heterocycles. The smallest absolute Gasteiger partial charge is 0.228 e. The highest BCUT2D eigenvalue weighted by atomic mass is 16.3. The molecule has 0 aliphatic heterocycles. The van der Waals surface area contributed by atoms with Gasteiger partial charge in [-0.25, -0.2) is 9.97 Å². The normalized spacial score (nSPS) is 28.6. The molecule has 2 aliphatic rings. The summed E-state index contributed by atoms with van der Waals surface area (Å²) < 4.78 is 0. The highest BCUT2D eigenvalue weighted by Crippen LogP contribution is 2.42. The van der Waals surface area contributed by atoms with Crippen LogP contribution in [-0.2, 0) is 4.79 Å². The zero-order chi connectivity index (χ0) is 17.4. The average Bonchev–Trinajstić information content (AvgIpc) is 3.00. The summed E-state index contributed by atoms with van der Waals surface area (Å²) in [7, 11) is 0. The Balaban J connectivity index is 1.44. The van der Waals surface area contributed by atoms with E-state index in [2.05, 4.69) is 25.5 Å². The molecule has 2 aliphatic carbocycles. The van der Waals surface area contributed by atoms with Crippen molar-refractivity contribution in [2.75, 3.05) is 5.32 Å². The van der Waals surface area contributed by atoms with Crippen LogP contribution < -0.4 is 5.32 Å². The molecule has 7 heteroatoms. The van der Waals surface area contributed by atoms with Gasteiger partial charge in [-0.05, 0) is 63.0 Å². The van der Waals surface area contributed by atoms with Gasteiger partial charge in [0.25, 0.3) is 0 Å². The molecule has 2 fully saturated rings. The molecular weight excluding hydrogens is 318 g/mol. The van der Waals surface area contributed by atoms with E-state index in [0.717, 1.165) is 43.5 Å². The fraction of sp³-hybridized carbons (Fsp3) is 0.556. The molecule has 2 aromatic heterocycles. The third kappa shape index (κ3) is 3.56. The minimum Gasteiger partial charge on any atom is -0.393 e. The number of carbonyl (C=O) groups is 1. The minimum absolute atomic E-state index is 0.00691. The van der Waals surface area contributed by atoms with Crippen LogP contribution in [0.2, 0.25) is 0 Å². The number of hydrogen-bond donors (Lipinski definition) is 3. The molecular formula is C18H23N5O2. The van der Waals surface area contributed by atoms with E-state index in [1.807, 2.05) is 13.0 Å². The second-order valence-electron chi connectivity index (χ2n) is 7.42. The van der Waals surface area contributed by atoms with Gasteiger partial charge in [-0.15, -0.1) is 0 Å². The van der Waals surface area contributed by atoms with Gasteiger partial charge in [0.2, 0.25) is 5.91 Å². The second-order valence-corrected chi connectivity index (χ2v) is 7.42. The van der Waals surface area contributed by atoms with Crippen molar-refractivity contribution in [3.05, 3.63) is 24.2 Å². The van der Waals surface area contributed by atoms with Crippen molar-refractivity contribution >= 4 is 11.7 Å². The highest BCUT2D eigenvalue weighted by Gasteiger charge is 2.38. The molecule has 7 nitrogen and oxygen atoms in total. The molecule has 2 bridgehead atoms. The van der Waals surface area contributed by atoms with Gasteiger partial charge in [0.1, 0.15) is 11.6 Å². The van der Waals surface area contributed by atoms with Crippen LogP contribution in [0.15, 0.2) is 18.3 Å². The summed E-state index contributed by atoms with van der Waals surface area (Å²) in [5.74, 6) is 2.84. The molecule has 3 N–H and O–H groups in total. The molecule has 0 radical (unpaired) electrons. The van der Waals surface area contributed by atoms with Crippen LogP contribution in [0.25, 0.3) is 11.4 Å².